The second-order valence-electron chi connectivity index (χ2n) is 5.95. The van der Waals surface area contributed by atoms with Crippen molar-refractivity contribution in [1.29, 1.82) is 0 Å². The minimum absolute atomic E-state index is 0.0649. The van der Waals surface area contributed by atoms with Crippen LogP contribution in [-0.4, -0.2) is 55.0 Å². The number of rotatable bonds is 7. The van der Waals surface area contributed by atoms with Gasteiger partial charge >= 0.3 is 12.6 Å². The van der Waals surface area contributed by atoms with E-state index in [4.69, 9.17) is 0 Å². The van der Waals surface area contributed by atoms with E-state index in [9.17, 15) is 18.4 Å². The first kappa shape index (κ1) is 19.0. The predicted molar refractivity (Wildman–Crippen MR) is 88.4 cm³/mol. The van der Waals surface area contributed by atoms with Crippen LogP contribution in [0.15, 0.2) is 24.3 Å². The van der Waals surface area contributed by atoms with E-state index in [1.54, 1.807) is 19.2 Å². The summed E-state index contributed by atoms with van der Waals surface area (Å²) in [5, 5.41) is 2.71. The molecule has 1 aliphatic heterocycles. The number of carbonyl (C=O) groups excluding carboxylic acids is 2. The Kier molecular flexibility index (Phi) is 6.97. The number of benzene rings is 1. The molecule has 0 atom stereocenters. The zero-order valence-corrected chi connectivity index (χ0v) is 14.2. The molecule has 0 aliphatic carbocycles. The third-order valence-electron chi connectivity index (χ3n) is 3.99. The first-order valence-electron chi connectivity index (χ1n) is 8.26. The van der Waals surface area contributed by atoms with Gasteiger partial charge in [-0.05, 0) is 30.5 Å². The van der Waals surface area contributed by atoms with E-state index in [2.05, 4.69) is 10.1 Å². The second kappa shape index (κ2) is 9.19. The maximum atomic E-state index is 12.1. The molecule has 0 aromatic heterocycles. The Morgan fingerprint density at radius 3 is 2.48 bits per heavy atom. The van der Waals surface area contributed by atoms with E-state index in [0.29, 0.717) is 19.5 Å². The summed E-state index contributed by atoms with van der Waals surface area (Å²) in [6, 6.07) is 5.82. The highest BCUT2D eigenvalue weighted by atomic mass is 19.3. The van der Waals surface area contributed by atoms with Gasteiger partial charge in [-0.2, -0.15) is 8.78 Å². The Balaban J connectivity index is 1.71. The van der Waals surface area contributed by atoms with Crippen molar-refractivity contribution in [2.45, 2.75) is 32.4 Å². The van der Waals surface area contributed by atoms with Crippen LogP contribution >= 0.6 is 0 Å². The van der Waals surface area contributed by atoms with Gasteiger partial charge in [-0.15, -0.1) is 0 Å². The van der Waals surface area contributed by atoms with E-state index in [1.165, 1.54) is 17.0 Å². The van der Waals surface area contributed by atoms with Gasteiger partial charge in [0.25, 0.3) is 0 Å². The molecule has 3 amide bonds. The van der Waals surface area contributed by atoms with Gasteiger partial charge in [-0.3, -0.25) is 4.79 Å². The van der Waals surface area contributed by atoms with Crippen LogP contribution in [0.2, 0.25) is 0 Å². The van der Waals surface area contributed by atoms with Crippen molar-refractivity contribution >= 4 is 11.9 Å². The van der Waals surface area contributed by atoms with Crippen LogP contribution < -0.4 is 10.1 Å². The molecule has 1 heterocycles. The second-order valence-corrected chi connectivity index (χ2v) is 5.95. The molecule has 138 valence electrons. The lowest BCUT2D eigenvalue weighted by Crippen LogP contribution is -2.39. The van der Waals surface area contributed by atoms with Crippen LogP contribution in [0.25, 0.3) is 0 Å². The van der Waals surface area contributed by atoms with Gasteiger partial charge in [0.05, 0.1) is 0 Å². The predicted octanol–water partition coefficient (Wildman–Crippen LogP) is 2.44. The quantitative estimate of drug-likeness (QED) is 0.817. The molecular weight excluding hydrogens is 332 g/mol. The van der Waals surface area contributed by atoms with Crippen molar-refractivity contribution in [1.82, 2.24) is 15.1 Å². The Hall–Kier alpha value is -2.38. The molecule has 0 radical (unpaired) electrons. The molecule has 0 unspecified atom stereocenters. The maximum absolute atomic E-state index is 12.1. The van der Waals surface area contributed by atoms with Crippen LogP contribution in [0.1, 0.15) is 24.8 Å². The van der Waals surface area contributed by atoms with Gasteiger partial charge in [0.15, 0.2) is 0 Å². The normalized spacial score (nSPS) is 13.8. The summed E-state index contributed by atoms with van der Waals surface area (Å²) in [7, 11) is 1.63. The Bertz CT molecular complexity index is 575. The number of likely N-dealkylation sites (tertiary alicyclic amines) is 1. The number of urea groups is 1. The molecule has 25 heavy (non-hydrogen) atoms. The molecule has 6 nitrogen and oxygen atoms in total. The van der Waals surface area contributed by atoms with E-state index in [-0.39, 0.29) is 17.7 Å². The first-order valence-corrected chi connectivity index (χ1v) is 8.26. The average Bonchev–Trinajstić information content (AvgIpc) is 3.10. The summed E-state index contributed by atoms with van der Waals surface area (Å²) in [6.07, 6.45) is 2.38. The smallest absolute Gasteiger partial charge is 0.387 e. The molecule has 1 aromatic rings. The number of hydrogen-bond donors (Lipinski definition) is 1. The van der Waals surface area contributed by atoms with Crippen LogP contribution in [0, 0.1) is 0 Å². The lowest BCUT2D eigenvalue weighted by molar-refractivity contribution is -0.129. The molecular formula is C17H23F2N3O3. The molecule has 0 saturated carbocycles. The van der Waals surface area contributed by atoms with Gasteiger partial charge < -0.3 is 19.9 Å². The van der Waals surface area contributed by atoms with Gasteiger partial charge in [0.2, 0.25) is 5.91 Å². The molecule has 1 aliphatic rings. The zero-order valence-electron chi connectivity index (χ0n) is 14.2. The molecule has 1 saturated heterocycles. The van der Waals surface area contributed by atoms with Gasteiger partial charge in [0, 0.05) is 39.6 Å². The lowest BCUT2D eigenvalue weighted by Gasteiger charge is -2.19. The molecule has 1 fully saturated rings. The summed E-state index contributed by atoms with van der Waals surface area (Å²) in [5.74, 6) is 0.140. The highest BCUT2D eigenvalue weighted by Gasteiger charge is 2.18. The van der Waals surface area contributed by atoms with Crippen molar-refractivity contribution in [2.24, 2.45) is 0 Å². The summed E-state index contributed by atoms with van der Waals surface area (Å²) in [6.45, 7) is -0.640. The number of alkyl halides is 2. The van der Waals surface area contributed by atoms with E-state index >= 15 is 0 Å². The SMILES string of the molecule is CN(Cc1ccc(OC(F)F)cc1)C(=O)NCCC(=O)N1CCCC1. The van der Waals surface area contributed by atoms with E-state index in [1.807, 2.05) is 4.90 Å². The molecule has 1 aromatic carbocycles. The van der Waals surface area contributed by atoms with Gasteiger partial charge in [0.1, 0.15) is 5.75 Å². The minimum atomic E-state index is -2.86. The summed E-state index contributed by atoms with van der Waals surface area (Å²) >= 11 is 0. The third-order valence-corrected chi connectivity index (χ3v) is 3.99. The molecule has 2 rings (SSSR count). The Labute approximate surface area is 145 Å². The molecule has 1 N–H and O–H groups in total. The molecule has 0 spiro atoms. The summed E-state index contributed by atoms with van der Waals surface area (Å²) < 4.78 is 28.5. The fourth-order valence-electron chi connectivity index (χ4n) is 2.66. The average molecular weight is 355 g/mol. The number of halogens is 2. The van der Waals surface area contributed by atoms with Gasteiger partial charge in [-0.1, -0.05) is 12.1 Å². The largest absolute Gasteiger partial charge is 0.435 e. The highest BCUT2D eigenvalue weighted by Crippen LogP contribution is 2.15. The number of nitrogens with zero attached hydrogens (tertiary/aromatic N) is 2. The topological polar surface area (TPSA) is 61.9 Å². The summed E-state index contributed by atoms with van der Waals surface area (Å²) in [5.41, 5.74) is 0.785. The van der Waals surface area contributed by atoms with Crippen molar-refractivity contribution in [3.8, 4) is 5.75 Å². The van der Waals surface area contributed by atoms with Crippen molar-refractivity contribution in [2.75, 3.05) is 26.7 Å². The number of amides is 3. The van der Waals surface area contributed by atoms with Crippen LogP contribution in [0.5, 0.6) is 5.75 Å². The van der Waals surface area contributed by atoms with Crippen LogP contribution in [0.3, 0.4) is 0 Å². The van der Waals surface area contributed by atoms with E-state index in [0.717, 1.165) is 31.5 Å². The zero-order chi connectivity index (χ0) is 18.2. The van der Waals surface area contributed by atoms with E-state index < -0.39 is 6.61 Å². The van der Waals surface area contributed by atoms with Crippen molar-refractivity contribution in [3.05, 3.63) is 29.8 Å². The summed E-state index contributed by atoms with van der Waals surface area (Å²) in [4.78, 5) is 27.2. The van der Waals surface area contributed by atoms with Crippen molar-refractivity contribution in [3.63, 3.8) is 0 Å². The minimum Gasteiger partial charge on any atom is -0.435 e. The number of ether oxygens (including phenoxy) is 1. The Morgan fingerprint density at radius 1 is 1.24 bits per heavy atom. The molecule has 0 bridgehead atoms. The third kappa shape index (κ3) is 6.21. The van der Waals surface area contributed by atoms with Gasteiger partial charge in [-0.25, -0.2) is 4.79 Å². The monoisotopic (exact) mass is 355 g/mol. The maximum Gasteiger partial charge on any atom is 0.387 e. The van der Waals surface area contributed by atoms with Crippen molar-refractivity contribution < 1.29 is 23.1 Å². The Morgan fingerprint density at radius 2 is 1.88 bits per heavy atom. The van der Waals surface area contributed by atoms with Crippen LogP contribution in [-0.2, 0) is 11.3 Å². The standard InChI is InChI=1S/C17H23F2N3O3/c1-21(12-13-4-6-14(7-5-13)25-16(18)19)17(24)20-9-8-15(23)22-10-2-3-11-22/h4-7,16H,2-3,8-12H2,1H3,(H,20,24). The molecule has 8 heteroatoms. The fraction of sp³-hybridized carbons (Fsp3) is 0.529. The lowest BCUT2D eigenvalue weighted by atomic mass is 10.2. The number of carbonyl (C=O) groups is 2. The van der Waals surface area contributed by atoms with Crippen LogP contribution in [0.4, 0.5) is 13.6 Å². The fourth-order valence-corrected chi connectivity index (χ4v) is 2.66. The first-order chi connectivity index (χ1) is 12.0. The number of nitrogens with one attached hydrogen (secondary N) is 1. The highest BCUT2D eigenvalue weighted by molar-refractivity contribution is 5.78. The number of hydrogen-bond acceptors (Lipinski definition) is 3.